The molecule has 368 valence electrons. The zero-order valence-electron chi connectivity index (χ0n) is 37.4. The summed E-state index contributed by atoms with van der Waals surface area (Å²) in [6, 6.07) is 3.27. The van der Waals surface area contributed by atoms with Crippen molar-refractivity contribution in [2.24, 2.45) is 35.1 Å². The highest BCUT2D eigenvalue weighted by atomic mass is 127. The van der Waals surface area contributed by atoms with Gasteiger partial charge in [-0.1, -0.05) is 11.6 Å². The van der Waals surface area contributed by atoms with Gasteiger partial charge in [0.25, 0.3) is 11.8 Å². The lowest BCUT2D eigenvalue weighted by Gasteiger charge is -2.50. The number of aromatic hydroxyl groups is 2. The monoisotopic (exact) mass is 1100 g/mol. The average molecular weight is 1100 g/mol. The fraction of sp³-hybridized carbons (Fsp3) is 0.340. The highest BCUT2D eigenvalue weighted by Gasteiger charge is 2.66. The Labute approximate surface area is 415 Å². The number of primary amides is 2. The molecule has 1 heterocycles. The van der Waals surface area contributed by atoms with Crippen molar-refractivity contribution in [2.75, 3.05) is 33.9 Å². The zero-order valence-corrected chi connectivity index (χ0v) is 40.3. The van der Waals surface area contributed by atoms with E-state index < -0.39 is 128 Å². The molecule has 1 aromatic heterocycles. The quantitative estimate of drug-likeness (QED) is 0.0572. The molecule has 2 aromatic carbocycles. The van der Waals surface area contributed by atoms with Gasteiger partial charge in [-0.25, -0.2) is 4.98 Å². The van der Waals surface area contributed by atoms with Crippen LogP contribution in [0.3, 0.4) is 0 Å². The Morgan fingerprint density at radius 1 is 0.743 bits per heavy atom. The van der Waals surface area contributed by atoms with Crippen molar-refractivity contribution in [3.8, 4) is 22.6 Å². The van der Waals surface area contributed by atoms with Gasteiger partial charge < -0.3 is 58.1 Å². The summed E-state index contributed by atoms with van der Waals surface area (Å²) in [6.45, 7) is 0. The van der Waals surface area contributed by atoms with Crippen molar-refractivity contribution in [3.63, 3.8) is 0 Å². The highest BCUT2D eigenvalue weighted by molar-refractivity contribution is 14.1. The fourth-order valence-corrected chi connectivity index (χ4v) is 12.4. The summed E-state index contributed by atoms with van der Waals surface area (Å²) in [7, 11) is 6.14. The number of aliphatic hydroxyl groups excluding tert-OH is 4. The SMILES string of the molecule is CN(C)[C@@H]1C(=O)C(C(N)=O)=C(O)[C@@]2(O)C(=O)C3=C(O)c4c(O)c(I)cc(Cl)c4C[C@H]3C[C@@H]12.CN(C)[C@@H]1C(=O)C(C(N)=O)=C(O)[C@@]2(O)C(=O)C3=C(O)c4c(O)c(N)cc(-c5ccc(F)nc5)c4C[C@H]3C[C@@H]12. The number of rotatable bonds is 5. The van der Waals surface area contributed by atoms with Gasteiger partial charge in [-0.15, -0.1) is 0 Å². The van der Waals surface area contributed by atoms with Crippen LogP contribution in [0.1, 0.15) is 35.1 Å². The molecule has 23 heteroatoms. The number of anilines is 1. The third-order valence-electron chi connectivity index (χ3n) is 14.4. The summed E-state index contributed by atoms with van der Waals surface area (Å²) in [5.74, 6) is -15.1. The number of carbonyl (C=O) groups is 6. The number of hydrogen-bond donors (Lipinski definition) is 11. The van der Waals surface area contributed by atoms with Gasteiger partial charge in [0.05, 0.1) is 32.5 Å². The fourth-order valence-electron chi connectivity index (χ4n) is 11.4. The van der Waals surface area contributed by atoms with Crippen LogP contribution >= 0.6 is 34.2 Å². The number of nitrogens with two attached hydrogens (primary N) is 3. The van der Waals surface area contributed by atoms with E-state index in [1.807, 2.05) is 22.6 Å². The molecular formula is C47H45ClFIN6O14. The van der Waals surface area contributed by atoms with Crippen molar-refractivity contribution >= 4 is 86.3 Å². The number of ketones is 4. The Balaban J connectivity index is 0.000000191. The number of Topliss-reactive ketones (excluding diaryl/α,β-unsaturated/α-hetero) is 4. The molecule has 9 rings (SSSR count). The molecule has 70 heavy (non-hydrogen) atoms. The predicted molar refractivity (Wildman–Crippen MR) is 254 cm³/mol. The molecule has 3 aromatic rings. The number of nitrogens with zero attached hydrogens (tertiary/aromatic N) is 3. The summed E-state index contributed by atoms with van der Waals surface area (Å²) >= 11 is 8.18. The first-order chi connectivity index (χ1) is 32.6. The minimum Gasteiger partial charge on any atom is -0.508 e. The van der Waals surface area contributed by atoms with Crippen molar-refractivity contribution < 1.29 is 74.0 Å². The summed E-state index contributed by atoms with van der Waals surface area (Å²) in [4.78, 5) is 84.1. The number of aromatic nitrogens is 1. The van der Waals surface area contributed by atoms with Crippen LogP contribution in [-0.4, -0.2) is 142 Å². The Morgan fingerprint density at radius 3 is 1.60 bits per heavy atom. The van der Waals surface area contributed by atoms with Crippen LogP contribution in [0, 0.1) is 33.2 Å². The summed E-state index contributed by atoms with van der Waals surface area (Å²) in [5, 5.41) is 88.7. The molecule has 0 unspecified atom stereocenters. The summed E-state index contributed by atoms with van der Waals surface area (Å²) in [6.07, 6.45) is 1.46. The summed E-state index contributed by atoms with van der Waals surface area (Å²) in [5.41, 5.74) is 10.4. The van der Waals surface area contributed by atoms with Crippen molar-refractivity contribution in [1.29, 1.82) is 0 Å². The van der Waals surface area contributed by atoms with E-state index in [9.17, 15) is 74.0 Å². The standard InChI is InChI=1S/C26H25FN4O7.C21H20ClIN2O7/c1-31(2)19-13-6-10-5-12-11(9-3-4-15(27)30-8-9)7-14(28)20(32)17(12)21(33)16(10)23(35)26(13,38)24(36)18(22(19)34)25(29)37;1-25(2)14-8-4-6-3-7-9(22)5-10(23)15(26)12(7)16(27)11(6)18(29)21(8,32)19(30)13(17(14)28)20(24)31/h3-4,7-8,10,13,19,32-33,36,38H,5-6,28H2,1-2H3,(H2,29,37);5-6,8,14,26-27,30,32H,3-4H2,1-2H3,(H2,24,31)/t10-,13-,19-,26-;6-,8-,14-,21-/m00/s1. The average Bonchev–Trinajstić information content (AvgIpc) is 3.26. The maximum atomic E-state index is 13.9. The minimum absolute atomic E-state index is 0.0156. The lowest BCUT2D eigenvalue weighted by atomic mass is 9.57. The minimum atomic E-state index is -2.73. The van der Waals surface area contributed by atoms with E-state index in [1.165, 1.54) is 48.3 Å². The molecule has 0 bridgehead atoms. The smallest absolute Gasteiger partial charge is 0.255 e. The normalized spacial score (nSPS) is 28.2. The van der Waals surface area contributed by atoms with E-state index in [2.05, 4.69) is 4.98 Å². The van der Waals surface area contributed by atoms with Gasteiger partial charge in [-0.05, 0) is 129 Å². The van der Waals surface area contributed by atoms with Gasteiger partial charge in [-0.2, -0.15) is 4.39 Å². The van der Waals surface area contributed by atoms with Crippen molar-refractivity contribution in [2.45, 2.75) is 49.0 Å². The van der Waals surface area contributed by atoms with Crippen LogP contribution in [0.15, 0.2) is 64.3 Å². The number of amides is 2. The van der Waals surface area contributed by atoms with E-state index in [1.54, 1.807) is 14.1 Å². The van der Waals surface area contributed by atoms with E-state index in [-0.39, 0.29) is 59.4 Å². The number of hydrogen-bond acceptors (Lipinski definition) is 18. The summed E-state index contributed by atoms with van der Waals surface area (Å²) < 4.78 is 13.8. The first-order valence-corrected chi connectivity index (χ1v) is 22.8. The number of fused-ring (bicyclic) bond motifs is 6. The number of phenols is 2. The van der Waals surface area contributed by atoms with E-state index in [0.29, 0.717) is 30.8 Å². The first kappa shape index (κ1) is 50.0. The molecule has 6 aliphatic carbocycles. The van der Waals surface area contributed by atoms with E-state index in [0.717, 1.165) is 6.07 Å². The number of pyridine rings is 1. The van der Waals surface area contributed by atoms with Gasteiger partial charge in [0, 0.05) is 39.8 Å². The largest absolute Gasteiger partial charge is 0.508 e. The molecule has 0 aliphatic heterocycles. The molecule has 0 saturated heterocycles. The lowest BCUT2D eigenvalue weighted by molar-refractivity contribution is -0.155. The third-order valence-corrected chi connectivity index (χ3v) is 15.6. The Hall–Kier alpha value is -6.44. The maximum Gasteiger partial charge on any atom is 0.255 e. The molecule has 8 atom stereocenters. The zero-order chi connectivity index (χ0) is 51.7. The number of carbonyl (C=O) groups excluding carboxylic acids is 6. The first-order valence-electron chi connectivity index (χ1n) is 21.4. The molecule has 20 nitrogen and oxygen atoms in total. The van der Waals surface area contributed by atoms with Gasteiger partial charge in [0.15, 0.2) is 22.8 Å². The molecule has 0 spiro atoms. The van der Waals surface area contributed by atoms with E-state index in [4.69, 9.17) is 28.8 Å². The van der Waals surface area contributed by atoms with Crippen molar-refractivity contribution in [3.05, 3.63) is 101 Å². The second kappa shape index (κ2) is 17.2. The second-order valence-corrected chi connectivity index (χ2v) is 20.1. The predicted octanol–water partition coefficient (Wildman–Crippen LogP) is 1.97. The van der Waals surface area contributed by atoms with Crippen LogP contribution in [0.25, 0.3) is 22.6 Å². The Kier molecular flexibility index (Phi) is 12.2. The number of phenolic OH excluding ortho intramolecular Hbond substituents is 2. The van der Waals surface area contributed by atoms with Gasteiger partial charge in [0.2, 0.25) is 17.5 Å². The number of nitrogen functional groups attached to an aromatic ring is 1. The van der Waals surface area contributed by atoms with Crippen LogP contribution in [0.2, 0.25) is 5.02 Å². The molecule has 14 N–H and O–H groups in total. The van der Waals surface area contributed by atoms with Gasteiger partial charge in [0.1, 0.15) is 45.7 Å². The molecular weight excluding hydrogens is 1050 g/mol. The highest BCUT2D eigenvalue weighted by Crippen LogP contribution is 2.56. The molecule has 2 saturated carbocycles. The second-order valence-electron chi connectivity index (χ2n) is 18.6. The Morgan fingerprint density at radius 2 is 1.19 bits per heavy atom. The number of halogens is 3. The molecule has 0 radical (unpaired) electrons. The third kappa shape index (κ3) is 7.00. The van der Waals surface area contributed by atoms with Gasteiger partial charge >= 0.3 is 0 Å². The van der Waals surface area contributed by atoms with Crippen LogP contribution in [0.5, 0.6) is 11.5 Å². The van der Waals surface area contributed by atoms with E-state index >= 15 is 0 Å². The molecule has 2 fully saturated rings. The number of aliphatic hydroxyl groups is 6. The van der Waals surface area contributed by atoms with Crippen molar-refractivity contribution in [1.82, 2.24) is 14.8 Å². The lowest BCUT2D eigenvalue weighted by Crippen LogP contribution is -2.65. The van der Waals surface area contributed by atoms with Gasteiger partial charge in [-0.3, -0.25) is 38.6 Å². The number of likely N-dealkylation sites (N-methyl/N-ethyl adjacent to an activating group) is 2. The van der Waals surface area contributed by atoms with Crippen LogP contribution < -0.4 is 17.2 Å². The molecule has 6 aliphatic rings. The van der Waals surface area contributed by atoms with Crippen LogP contribution in [0.4, 0.5) is 10.1 Å². The Bertz CT molecular complexity index is 3080. The molecule has 2 amide bonds. The maximum absolute atomic E-state index is 13.9. The van der Waals surface area contributed by atoms with Crippen LogP contribution in [-0.2, 0) is 41.6 Å². The number of benzene rings is 2. The topological polar surface area (TPSA) is 362 Å².